The lowest BCUT2D eigenvalue weighted by atomic mass is 10.1. The van der Waals surface area contributed by atoms with Crippen LogP contribution in [0.3, 0.4) is 0 Å². The molecular weight excluding hydrogens is 288 g/mol. The van der Waals surface area contributed by atoms with Gasteiger partial charge in [0, 0.05) is 30.0 Å². The number of carbonyl (C=O) groups is 2. The minimum atomic E-state index is 0.0101. The zero-order valence-electron chi connectivity index (χ0n) is 12.4. The molecule has 0 atom stereocenters. The number of methoxy groups -OCH3 is 2. The number of ether oxygens (including phenoxy) is 2. The van der Waals surface area contributed by atoms with Gasteiger partial charge in [-0.3, -0.25) is 9.59 Å². The summed E-state index contributed by atoms with van der Waals surface area (Å²) in [5.41, 5.74) is 0. The molecule has 0 radical (unpaired) electrons. The van der Waals surface area contributed by atoms with Crippen LogP contribution < -0.4 is 9.47 Å². The molecule has 1 aromatic carbocycles. The molecule has 5 heteroatoms. The van der Waals surface area contributed by atoms with Gasteiger partial charge >= 0.3 is 0 Å². The number of ketones is 2. The monoisotopic (exact) mass is 306 g/mol. The second kappa shape index (κ2) is 6.72. The van der Waals surface area contributed by atoms with E-state index in [0.29, 0.717) is 29.2 Å². The fourth-order valence-corrected chi connectivity index (χ4v) is 3.10. The zero-order chi connectivity index (χ0) is 15.4. The van der Waals surface area contributed by atoms with Crippen LogP contribution >= 0.6 is 11.3 Å². The fraction of sp³-hybridized carbons (Fsp3) is 0.375. The second-order valence-corrected chi connectivity index (χ2v) is 5.75. The highest BCUT2D eigenvalue weighted by Crippen LogP contribution is 2.36. The van der Waals surface area contributed by atoms with Gasteiger partial charge in [-0.25, -0.2) is 0 Å². The van der Waals surface area contributed by atoms with E-state index in [2.05, 4.69) is 0 Å². The predicted molar refractivity (Wildman–Crippen MR) is 83.8 cm³/mol. The van der Waals surface area contributed by atoms with Gasteiger partial charge in [0.2, 0.25) is 0 Å². The number of Topliss-reactive ketones (excluding diaryl/α,β-unsaturated/α-hetero) is 2. The number of benzene rings is 1. The average Bonchev–Trinajstić information content (AvgIpc) is 2.93. The largest absolute Gasteiger partial charge is 0.493 e. The van der Waals surface area contributed by atoms with Gasteiger partial charge < -0.3 is 9.47 Å². The second-order valence-electron chi connectivity index (χ2n) is 4.67. The Labute approximate surface area is 127 Å². The Morgan fingerprint density at radius 2 is 1.71 bits per heavy atom. The van der Waals surface area contributed by atoms with E-state index < -0.39 is 0 Å². The zero-order valence-corrected chi connectivity index (χ0v) is 13.2. The van der Waals surface area contributed by atoms with Crippen LogP contribution in [-0.4, -0.2) is 25.8 Å². The summed E-state index contributed by atoms with van der Waals surface area (Å²) in [5.74, 6) is 1.42. The van der Waals surface area contributed by atoms with Crippen LogP contribution in [-0.2, 0) is 4.79 Å². The van der Waals surface area contributed by atoms with Crippen LogP contribution in [0.25, 0.3) is 10.1 Å². The van der Waals surface area contributed by atoms with Crippen LogP contribution in [0.4, 0.5) is 0 Å². The van der Waals surface area contributed by atoms with E-state index in [4.69, 9.17) is 9.47 Å². The maximum atomic E-state index is 12.1. The molecule has 21 heavy (non-hydrogen) atoms. The van der Waals surface area contributed by atoms with E-state index in [1.807, 2.05) is 25.1 Å². The van der Waals surface area contributed by atoms with Gasteiger partial charge in [0.15, 0.2) is 17.3 Å². The van der Waals surface area contributed by atoms with E-state index in [-0.39, 0.29) is 18.0 Å². The standard InChI is InChI=1S/C16H18O4S/c1-4-11(17)5-6-12(18)16-8-10-7-13(19-2)14(20-3)9-15(10)21-16/h7-9H,4-6H2,1-3H3. The van der Waals surface area contributed by atoms with E-state index in [9.17, 15) is 9.59 Å². The molecule has 112 valence electrons. The normalized spacial score (nSPS) is 10.6. The minimum absolute atomic E-state index is 0.0101. The van der Waals surface area contributed by atoms with E-state index >= 15 is 0 Å². The van der Waals surface area contributed by atoms with Crippen molar-refractivity contribution < 1.29 is 19.1 Å². The molecule has 2 rings (SSSR count). The van der Waals surface area contributed by atoms with Crippen molar-refractivity contribution in [1.82, 2.24) is 0 Å². The number of fused-ring (bicyclic) bond motifs is 1. The van der Waals surface area contributed by atoms with Gasteiger partial charge in [-0.2, -0.15) is 0 Å². The summed E-state index contributed by atoms with van der Waals surface area (Å²) in [6.45, 7) is 1.81. The Morgan fingerprint density at radius 3 is 2.33 bits per heavy atom. The minimum Gasteiger partial charge on any atom is -0.493 e. The first-order valence-electron chi connectivity index (χ1n) is 6.79. The first kappa shape index (κ1) is 15.5. The smallest absolute Gasteiger partial charge is 0.173 e. The fourth-order valence-electron chi connectivity index (χ4n) is 2.06. The quantitative estimate of drug-likeness (QED) is 0.729. The molecule has 0 aliphatic rings. The third-order valence-corrected chi connectivity index (χ3v) is 4.46. The molecule has 0 spiro atoms. The lowest BCUT2D eigenvalue weighted by molar-refractivity contribution is -0.118. The van der Waals surface area contributed by atoms with Crippen molar-refractivity contribution in [2.24, 2.45) is 0 Å². The number of thiophene rings is 1. The highest BCUT2D eigenvalue weighted by atomic mass is 32.1. The van der Waals surface area contributed by atoms with Gasteiger partial charge in [0.1, 0.15) is 5.78 Å². The van der Waals surface area contributed by atoms with Crippen LogP contribution in [0.15, 0.2) is 18.2 Å². The van der Waals surface area contributed by atoms with Crippen molar-refractivity contribution in [1.29, 1.82) is 0 Å². The summed E-state index contributed by atoms with van der Waals surface area (Å²) in [6.07, 6.45) is 1.07. The molecule has 1 heterocycles. The maximum absolute atomic E-state index is 12.1. The first-order valence-corrected chi connectivity index (χ1v) is 7.61. The molecule has 0 amide bonds. The molecule has 0 unspecified atom stereocenters. The molecule has 4 nitrogen and oxygen atoms in total. The first-order chi connectivity index (χ1) is 10.1. The summed E-state index contributed by atoms with van der Waals surface area (Å²) in [5, 5.41) is 0.947. The third-order valence-electron chi connectivity index (χ3n) is 3.32. The van der Waals surface area contributed by atoms with Crippen LogP contribution in [0.5, 0.6) is 11.5 Å². The molecule has 0 fully saturated rings. The van der Waals surface area contributed by atoms with Crippen molar-refractivity contribution in [2.45, 2.75) is 26.2 Å². The molecule has 2 aromatic rings. The van der Waals surface area contributed by atoms with Crippen molar-refractivity contribution in [3.8, 4) is 11.5 Å². The topological polar surface area (TPSA) is 52.6 Å². The molecule has 1 aromatic heterocycles. The molecule has 0 bridgehead atoms. The van der Waals surface area contributed by atoms with Crippen molar-refractivity contribution in [3.63, 3.8) is 0 Å². The summed E-state index contributed by atoms with van der Waals surface area (Å²) in [4.78, 5) is 24.1. The highest BCUT2D eigenvalue weighted by molar-refractivity contribution is 7.20. The Bertz CT molecular complexity index is 631. The Kier molecular flexibility index (Phi) is 4.96. The number of hydrogen-bond donors (Lipinski definition) is 0. The van der Waals surface area contributed by atoms with Gasteiger partial charge in [0.25, 0.3) is 0 Å². The number of hydrogen-bond acceptors (Lipinski definition) is 5. The van der Waals surface area contributed by atoms with Gasteiger partial charge in [-0.05, 0) is 17.5 Å². The number of rotatable bonds is 7. The van der Waals surface area contributed by atoms with E-state index in [1.54, 1.807) is 14.2 Å². The van der Waals surface area contributed by atoms with Gasteiger partial charge in [-0.15, -0.1) is 11.3 Å². The highest BCUT2D eigenvalue weighted by Gasteiger charge is 2.14. The van der Waals surface area contributed by atoms with Gasteiger partial charge in [0.05, 0.1) is 19.1 Å². The van der Waals surface area contributed by atoms with Crippen molar-refractivity contribution >= 4 is 33.0 Å². The van der Waals surface area contributed by atoms with Crippen LogP contribution in [0.2, 0.25) is 0 Å². The lowest BCUT2D eigenvalue weighted by Gasteiger charge is -2.06. The molecule has 0 saturated heterocycles. The third kappa shape index (κ3) is 3.42. The summed E-state index contributed by atoms with van der Waals surface area (Å²) >= 11 is 1.42. The van der Waals surface area contributed by atoms with Crippen molar-refractivity contribution in [3.05, 3.63) is 23.1 Å². The van der Waals surface area contributed by atoms with E-state index in [1.165, 1.54) is 11.3 Å². The molecular formula is C16H18O4S. The van der Waals surface area contributed by atoms with Crippen LogP contribution in [0.1, 0.15) is 35.9 Å². The van der Waals surface area contributed by atoms with Gasteiger partial charge in [-0.1, -0.05) is 6.92 Å². The molecule has 0 aliphatic heterocycles. The number of carbonyl (C=O) groups excluding carboxylic acids is 2. The molecule has 0 N–H and O–H groups in total. The predicted octanol–water partition coefficient (Wildman–Crippen LogP) is 3.86. The van der Waals surface area contributed by atoms with E-state index in [0.717, 1.165) is 10.1 Å². The average molecular weight is 306 g/mol. The maximum Gasteiger partial charge on any atom is 0.173 e. The Balaban J connectivity index is 2.26. The van der Waals surface area contributed by atoms with Crippen LogP contribution in [0, 0.1) is 0 Å². The molecule has 0 saturated carbocycles. The summed E-state index contributed by atoms with van der Waals surface area (Å²) in [7, 11) is 3.16. The Morgan fingerprint density at radius 1 is 1.05 bits per heavy atom. The Hall–Kier alpha value is -1.88. The summed E-state index contributed by atoms with van der Waals surface area (Å²) < 4.78 is 11.5. The lowest BCUT2D eigenvalue weighted by Crippen LogP contribution is -2.01. The SMILES string of the molecule is CCC(=O)CCC(=O)c1cc2cc(OC)c(OC)cc2s1. The van der Waals surface area contributed by atoms with Crippen molar-refractivity contribution in [2.75, 3.05) is 14.2 Å². The summed E-state index contributed by atoms with van der Waals surface area (Å²) in [6, 6.07) is 5.58. The molecule has 0 aliphatic carbocycles.